The summed E-state index contributed by atoms with van der Waals surface area (Å²) < 4.78 is 1.68. The molecule has 18 heavy (non-hydrogen) atoms. The lowest BCUT2D eigenvalue weighted by Crippen LogP contribution is -1.92. The molecule has 0 unspecified atom stereocenters. The Hall–Kier alpha value is -1.23. The van der Waals surface area contributed by atoms with Crippen LogP contribution in [-0.4, -0.2) is 16.0 Å². The number of rotatable bonds is 3. The number of aromatic nitrogens is 2. The molecular formula is C11H9Cl3N4. The van der Waals surface area contributed by atoms with E-state index < -0.39 is 0 Å². The van der Waals surface area contributed by atoms with Crippen molar-refractivity contribution in [3.8, 4) is 0 Å². The number of hydrogen-bond donors (Lipinski definition) is 1. The molecule has 1 aromatic carbocycles. The Bertz CT molecular complexity index is 569. The van der Waals surface area contributed by atoms with E-state index in [1.54, 1.807) is 29.2 Å². The van der Waals surface area contributed by atoms with Gasteiger partial charge in [0.05, 0.1) is 28.1 Å². The first-order valence-corrected chi connectivity index (χ1v) is 6.12. The van der Waals surface area contributed by atoms with Crippen molar-refractivity contribution in [3.05, 3.63) is 45.2 Å². The van der Waals surface area contributed by atoms with Crippen molar-refractivity contribution >= 4 is 46.7 Å². The van der Waals surface area contributed by atoms with Gasteiger partial charge in [0, 0.05) is 23.8 Å². The molecule has 1 aromatic heterocycles. The molecule has 0 spiro atoms. The Morgan fingerprint density at radius 1 is 1.28 bits per heavy atom. The predicted octanol–water partition coefficient (Wildman–Crippen LogP) is 3.83. The molecule has 0 saturated heterocycles. The van der Waals surface area contributed by atoms with Gasteiger partial charge in [0.25, 0.3) is 0 Å². The summed E-state index contributed by atoms with van der Waals surface area (Å²) in [5.41, 5.74) is 4.16. The Balaban J connectivity index is 2.13. The molecule has 0 aliphatic rings. The second-order valence-electron chi connectivity index (χ2n) is 3.56. The van der Waals surface area contributed by atoms with E-state index in [0.29, 0.717) is 20.8 Å². The van der Waals surface area contributed by atoms with Crippen LogP contribution in [0.5, 0.6) is 0 Å². The fourth-order valence-electron chi connectivity index (χ4n) is 1.33. The van der Waals surface area contributed by atoms with Crippen LogP contribution in [-0.2, 0) is 7.05 Å². The van der Waals surface area contributed by atoms with Crippen molar-refractivity contribution in [2.45, 2.75) is 0 Å². The number of hydrazone groups is 1. The average molecular weight is 304 g/mol. The minimum absolute atomic E-state index is 0.413. The van der Waals surface area contributed by atoms with Gasteiger partial charge in [0.2, 0.25) is 0 Å². The maximum atomic E-state index is 6.00. The normalized spacial score (nSPS) is 11.1. The standard InChI is InChI=1S/C11H9Cl3N4/c1-18-6-7(5-16-18)4-15-17-11-9(13)2-8(12)3-10(11)14/h2-6,17H,1H3. The van der Waals surface area contributed by atoms with Crippen LogP contribution >= 0.6 is 34.8 Å². The first-order chi connectivity index (χ1) is 8.56. The number of anilines is 1. The van der Waals surface area contributed by atoms with Crippen LogP contribution in [0.25, 0.3) is 0 Å². The topological polar surface area (TPSA) is 42.2 Å². The minimum atomic E-state index is 0.413. The maximum absolute atomic E-state index is 6.00. The number of halogens is 3. The molecule has 0 saturated carbocycles. The van der Waals surface area contributed by atoms with Crippen molar-refractivity contribution in [1.29, 1.82) is 0 Å². The highest BCUT2D eigenvalue weighted by Gasteiger charge is 2.06. The zero-order valence-corrected chi connectivity index (χ0v) is 11.6. The summed E-state index contributed by atoms with van der Waals surface area (Å²) in [4.78, 5) is 0. The van der Waals surface area contributed by atoms with Gasteiger partial charge in [-0.1, -0.05) is 34.8 Å². The van der Waals surface area contributed by atoms with Gasteiger partial charge in [-0.2, -0.15) is 10.2 Å². The highest BCUT2D eigenvalue weighted by atomic mass is 35.5. The van der Waals surface area contributed by atoms with Gasteiger partial charge < -0.3 is 0 Å². The van der Waals surface area contributed by atoms with Crippen LogP contribution in [0.15, 0.2) is 29.6 Å². The highest BCUT2D eigenvalue weighted by Crippen LogP contribution is 2.33. The van der Waals surface area contributed by atoms with E-state index in [1.165, 1.54) is 0 Å². The lowest BCUT2D eigenvalue weighted by atomic mass is 10.3. The van der Waals surface area contributed by atoms with Crippen LogP contribution < -0.4 is 5.43 Å². The lowest BCUT2D eigenvalue weighted by molar-refractivity contribution is 0.767. The van der Waals surface area contributed by atoms with Crippen LogP contribution in [0.1, 0.15) is 5.56 Å². The Kier molecular flexibility index (Phi) is 4.11. The zero-order chi connectivity index (χ0) is 13.1. The molecule has 1 heterocycles. The molecule has 2 aromatic rings. The molecule has 0 aliphatic heterocycles. The fourth-order valence-corrected chi connectivity index (χ4v) is 2.23. The second-order valence-corrected chi connectivity index (χ2v) is 4.81. The Morgan fingerprint density at radius 3 is 2.50 bits per heavy atom. The van der Waals surface area contributed by atoms with Crippen molar-refractivity contribution in [2.24, 2.45) is 12.1 Å². The molecule has 7 heteroatoms. The molecule has 1 N–H and O–H groups in total. The Morgan fingerprint density at radius 2 is 1.94 bits per heavy atom. The number of nitrogens with zero attached hydrogens (tertiary/aromatic N) is 3. The summed E-state index contributed by atoms with van der Waals surface area (Å²) in [6.07, 6.45) is 5.14. The summed E-state index contributed by atoms with van der Waals surface area (Å²) in [6, 6.07) is 3.19. The van der Waals surface area contributed by atoms with E-state index in [4.69, 9.17) is 34.8 Å². The molecular weight excluding hydrogens is 295 g/mol. The summed E-state index contributed by atoms with van der Waals surface area (Å²) >= 11 is 17.8. The molecule has 0 fully saturated rings. The number of benzene rings is 1. The molecule has 0 bridgehead atoms. The number of nitrogens with one attached hydrogen (secondary N) is 1. The van der Waals surface area contributed by atoms with E-state index in [9.17, 15) is 0 Å². The third-order valence-electron chi connectivity index (χ3n) is 2.12. The third kappa shape index (κ3) is 3.16. The van der Waals surface area contributed by atoms with Crippen LogP contribution in [0, 0.1) is 0 Å². The molecule has 0 amide bonds. The van der Waals surface area contributed by atoms with E-state index in [-0.39, 0.29) is 0 Å². The van der Waals surface area contributed by atoms with Crippen molar-refractivity contribution in [1.82, 2.24) is 9.78 Å². The monoisotopic (exact) mass is 302 g/mol. The molecule has 0 radical (unpaired) electrons. The second kappa shape index (κ2) is 5.61. The summed E-state index contributed by atoms with van der Waals surface area (Å²) in [5, 5.41) is 9.36. The molecule has 0 aliphatic carbocycles. The highest BCUT2D eigenvalue weighted by molar-refractivity contribution is 6.41. The number of aryl methyl sites for hydroxylation is 1. The van der Waals surface area contributed by atoms with E-state index >= 15 is 0 Å². The fraction of sp³-hybridized carbons (Fsp3) is 0.0909. The first kappa shape index (κ1) is 13.2. The SMILES string of the molecule is Cn1cc(C=NNc2c(Cl)cc(Cl)cc2Cl)cn1. The Labute approximate surface area is 119 Å². The quantitative estimate of drug-likeness (QED) is 0.692. The molecule has 94 valence electrons. The zero-order valence-electron chi connectivity index (χ0n) is 9.36. The largest absolute Gasteiger partial charge is 0.275 e. The van der Waals surface area contributed by atoms with Gasteiger partial charge in [-0.3, -0.25) is 10.1 Å². The molecule has 0 atom stereocenters. The van der Waals surface area contributed by atoms with Crippen LogP contribution in [0.4, 0.5) is 5.69 Å². The van der Waals surface area contributed by atoms with Gasteiger partial charge >= 0.3 is 0 Å². The van der Waals surface area contributed by atoms with E-state index in [2.05, 4.69) is 15.6 Å². The van der Waals surface area contributed by atoms with Crippen molar-refractivity contribution < 1.29 is 0 Å². The first-order valence-electron chi connectivity index (χ1n) is 4.98. The summed E-state index contributed by atoms with van der Waals surface area (Å²) in [5.74, 6) is 0. The van der Waals surface area contributed by atoms with Crippen LogP contribution in [0.3, 0.4) is 0 Å². The number of hydrogen-bond acceptors (Lipinski definition) is 3. The van der Waals surface area contributed by atoms with Gasteiger partial charge in [-0.05, 0) is 12.1 Å². The maximum Gasteiger partial charge on any atom is 0.0935 e. The van der Waals surface area contributed by atoms with Crippen LogP contribution in [0.2, 0.25) is 15.1 Å². The smallest absolute Gasteiger partial charge is 0.0935 e. The lowest BCUT2D eigenvalue weighted by Gasteiger charge is -2.06. The third-order valence-corrected chi connectivity index (χ3v) is 2.94. The average Bonchev–Trinajstić information content (AvgIpc) is 2.68. The summed E-state index contributed by atoms with van der Waals surface area (Å²) in [6.45, 7) is 0. The van der Waals surface area contributed by atoms with Crippen molar-refractivity contribution in [3.63, 3.8) is 0 Å². The van der Waals surface area contributed by atoms with Gasteiger partial charge in [0.15, 0.2) is 0 Å². The van der Waals surface area contributed by atoms with Gasteiger partial charge in [0.1, 0.15) is 0 Å². The van der Waals surface area contributed by atoms with Gasteiger partial charge in [-0.25, -0.2) is 0 Å². The predicted molar refractivity (Wildman–Crippen MR) is 75.9 cm³/mol. The van der Waals surface area contributed by atoms with Gasteiger partial charge in [-0.15, -0.1) is 0 Å². The summed E-state index contributed by atoms with van der Waals surface area (Å²) in [7, 11) is 1.83. The molecule has 2 rings (SSSR count). The van der Waals surface area contributed by atoms with E-state index in [0.717, 1.165) is 5.56 Å². The van der Waals surface area contributed by atoms with E-state index in [1.807, 2.05) is 13.2 Å². The minimum Gasteiger partial charge on any atom is -0.275 e. The van der Waals surface area contributed by atoms with Crippen molar-refractivity contribution in [2.75, 3.05) is 5.43 Å². The molecule has 4 nitrogen and oxygen atoms in total.